The third-order valence-electron chi connectivity index (χ3n) is 2.36. The molecule has 0 atom stereocenters. The lowest BCUT2D eigenvalue weighted by atomic mass is 10.3. The summed E-state index contributed by atoms with van der Waals surface area (Å²) in [6.07, 6.45) is 1.60. The van der Waals surface area contributed by atoms with Crippen molar-refractivity contribution in [2.75, 3.05) is 5.32 Å². The molecule has 2 amide bonds. The Bertz CT molecular complexity index is 597. The number of carbonyl (C=O) groups is 1. The van der Waals surface area contributed by atoms with Gasteiger partial charge in [-0.3, -0.25) is 0 Å². The highest BCUT2D eigenvalue weighted by molar-refractivity contribution is 6.35. The molecule has 2 rings (SSSR count). The molecule has 0 radical (unpaired) electrons. The van der Waals surface area contributed by atoms with E-state index in [-0.39, 0.29) is 6.03 Å². The molecule has 20 heavy (non-hydrogen) atoms. The Hall–Kier alpha value is -1.49. The van der Waals surface area contributed by atoms with E-state index in [4.69, 9.17) is 34.8 Å². The van der Waals surface area contributed by atoms with Crippen LogP contribution in [0.3, 0.4) is 0 Å². The van der Waals surface area contributed by atoms with Crippen molar-refractivity contribution in [2.24, 2.45) is 0 Å². The Morgan fingerprint density at radius 1 is 1.10 bits per heavy atom. The molecule has 1 aromatic carbocycles. The summed E-state index contributed by atoms with van der Waals surface area (Å²) in [7, 11) is 0. The quantitative estimate of drug-likeness (QED) is 0.821. The number of nitrogens with zero attached hydrogens (tertiary/aromatic N) is 1. The zero-order valence-electron chi connectivity index (χ0n) is 10.2. The second kappa shape index (κ2) is 6.79. The third-order valence-corrected chi connectivity index (χ3v) is 3.02. The average Bonchev–Trinajstić information content (AvgIpc) is 2.37. The van der Waals surface area contributed by atoms with Crippen LogP contribution >= 0.6 is 34.8 Å². The molecule has 0 aliphatic rings. The molecular weight excluding hydrogens is 321 g/mol. The van der Waals surface area contributed by atoms with Gasteiger partial charge in [-0.1, -0.05) is 40.9 Å². The first-order valence-electron chi connectivity index (χ1n) is 5.64. The van der Waals surface area contributed by atoms with Gasteiger partial charge in [-0.15, -0.1) is 0 Å². The standard InChI is InChI=1S/C13H10Cl3N3O/c14-9-3-10(15)5-11(4-9)19-13(20)18-7-8-1-2-12(16)17-6-8/h1-6H,7H2,(H2,18,19,20). The van der Waals surface area contributed by atoms with Crippen LogP contribution in [0.2, 0.25) is 15.2 Å². The normalized spacial score (nSPS) is 10.2. The van der Waals surface area contributed by atoms with Gasteiger partial charge in [-0.05, 0) is 29.8 Å². The predicted octanol–water partition coefficient (Wildman–Crippen LogP) is 4.36. The maximum Gasteiger partial charge on any atom is 0.319 e. The Morgan fingerprint density at radius 3 is 2.40 bits per heavy atom. The van der Waals surface area contributed by atoms with Crippen molar-refractivity contribution in [2.45, 2.75) is 6.54 Å². The number of anilines is 1. The molecule has 0 aliphatic heterocycles. The van der Waals surface area contributed by atoms with Gasteiger partial charge < -0.3 is 10.6 Å². The van der Waals surface area contributed by atoms with Crippen LogP contribution in [0.15, 0.2) is 36.5 Å². The Labute approximate surface area is 131 Å². The molecule has 1 heterocycles. The van der Waals surface area contributed by atoms with Crippen LogP contribution in [0.25, 0.3) is 0 Å². The Kier molecular flexibility index (Phi) is 5.06. The molecule has 0 saturated heterocycles. The maximum atomic E-state index is 11.7. The highest BCUT2D eigenvalue weighted by atomic mass is 35.5. The first kappa shape index (κ1) is 14.9. The molecule has 0 unspecified atom stereocenters. The van der Waals surface area contributed by atoms with Crippen molar-refractivity contribution < 1.29 is 4.79 Å². The van der Waals surface area contributed by atoms with E-state index in [0.717, 1.165) is 5.56 Å². The minimum absolute atomic E-state index is 0.338. The van der Waals surface area contributed by atoms with Crippen LogP contribution in [-0.2, 0) is 6.54 Å². The van der Waals surface area contributed by atoms with Gasteiger partial charge in [0.15, 0.2) is 0 Å². The number of carbonyl (C=O) groups excluding carboxylic acids is 1. The minimum Gasteiger partial charge on any atom is -0.334 e. The smallest absolute Gasteiger partial charge is 0.319 e. The topological polar surface area (TPSA) is 54.0 Å². The molecular formula is C13H10Cl3N3O. The number of urea groups is 1. The number of halogens is 3. The summed E-state index contributed by atoms with van der Waals surface area (Å²) in [5.41, 5.74) is 1.36. The van der Waals surface area contributed by atoms with Crippen LogP contribution in [-0.4, -0.2) is 11.0 Å². The van der Waals surface area contributed by atoms with Crippen molar-refractivity contribution in [3.63, 3.8) is 0 Å². The van der Waals surface area contributed by atoms with Gasteiger partial charge in [0.25, 0.3) is 0 Å². The number of hydrogen-bond acceptors (Lipinski definition) is 2. The van der Waals surface area contributed by atoms with E-state index < -0.39 is 0 Å². The SMILES string of the molecule is O=C(NCc1ccc(Cl)nc1)Nc1cc(Cl)cc(Cl)c1. The van der Waals surface area contributed by atoms with Crippen LogP contribution < -0.4 is 10.6 Å². The van der Waals surface area contributed by atoms with Crippen molar-refractivity contribution in [1.82, 2.24) is 10.3 Å². The second-order valence-corrected chi connectivity index (χ2v) is 5.22. The summed E-state index contributed by atoms with van der Waals surface area (Å²) in [5.74, 6) is 0. The zero-order chi connectivity index (χ0) is 14.5. The summed E-state index contributed by atoms with van der Waals surface area (Å²) in [4.78, 5) is 15.6. The average molecular weight is 331 g/mol. The number of aromatic nitrogens is 1. The number of benzene rings is 1. The summed E-state index contributed by atoms with van der Waals surface area (Å²) in [5, 5.41) is 6.64. The lowest BCUT2D eigenvalue weighted by Gasteiger charge is -2.08. The van der Waals surface area contributed by atoms with E-state index in [9.17, 15) is 4.79 Å². The number of hydrogen-bond donors (Lipinski definition) is 2. The van der Waals surface area contributed by atoms with Crippen LogP contribution in [0, 0.1) is 0 Å². The molecule has 0 saturated carbocycles. The van der Waals surface area contributed by atoms with Gasteiger partial charge in [0.2, 0.25) is 0 Å². The highest BCUT2D eigenvalue weighted by Crippen LogP contribution is 2.22. The van der Waals surface area contributed by atoms with E-state index in [1.165, 1.54) is 0 Å². The van der Waals surface area contributed by atoms with Crippen molar-refractivity contribution in [1.29, 1.82) is 0 Å². The van der Waals surface area contributed by atoms with Gasteiger partial charge in [0.1, 0.15) is 5.15 Å². The second-order valence-electron chi connectivity index (χ2n) is 3.95. The summed E-state index contributed by atoms with van der Waals surface area (Å²) >= 11 is 17.4. The van der Waals surface area contributed by atoms with Gasteiger partial charge in [-0.2, -0.15) is 0 Å². The van der Waals surface area contributed by atoms with Gasteiger partial charge in [0, 0.05) is 28.5 Å². The first-order valence-corrected chi connectivity index (χ1v) is 6.78. The minimum atomic E-state index is -0.363. The molecule has 1 aromatic heterocycles. The molecule has 2 aromatic rings. The predicted molar refractivity (Wildman–Crippen MR) is 81.6 cm³/mol. The third kappa shape index (κ3) is 4.56. The lowest BCUT2D eigenvalue weighted by molar-refractivity contribution is 0.251. The van der Waals surface area contributed by atoms with E-state index in [1.54, 1.807) is 36.5 Å². The van der Waals surface area contributed by atoms with Crippen molar-refractivity contribution >= 4 is 46.5 Å². The van der Waals surface area contributed by atoms with Gasteiger partial charge >= 0.3 is 6.03 Å². The molecule has 2 N–H and O–H groups in total. The Balaban J connectivity index is 1.90. The monoisotopic (exact) mass is 329 g/mol. The van der Waals surface area contributed by atoms with E-state index >= 15 is 0 Å². The molecule has 4 nitrogen and oxygen atoms in total. The summed E-state index contributed by atoms with van der Waals surface area (Å²) in [6.45, 7) is 0.338. The fourth-order valence-electron chi connectivity index (χ4n) is 1.49. The lowest BCUT2D eigenvalue weighted by Crippen LogP contribution is -2.28. The molecule has 0 fully saturated rings. The molecule has 104 valence electrons. The number of pyridine rings is 1. The molecule has 0 spiro atoms. The summed E-state index contributed by atoms with van der Waals surface area (Å²) < 4.78 is 0. The summed E-state index contributed by atoms with van der Waals surface area (Å²) in [6, 6.07) is 7.89. The van der Waals surface area contributed by atoms with Crippen molar-refractivity contribution in [3.05, 3.63) is 57.3 Å². The fraction of sp³-hybridized carbons (Fsp3) is 0.0769. The number of nitrogens with one attached hydrogen (secondary N) is 2. The van der Waals surface area contributed by atoms with Gasteiger partial charge in [0.05, 0.1) is 0 Å². The first-order chi connectivity index (χ1) is 9.52. The van der Waals surface area contributed by atoms with Crippen LogP contribution in [0.1, 0.15) is 5.56 Å². The molecule has 7 heteroatoms. The Morgan fingerprint density at radius 2 is 1.80 bits per heavy atom. The highest BCUT2D eigenvalue weighted by Gasteiger charge is 2.04. The zero-order valence-corrected chi connectivity index (χ0v) is 12.4. The number of rotatable bonds is 3. The van der Waals surface area contributed by atoms with Crippen LogP contribution in [0.4, 0.5) is 10.5 Å². The van der Waals surface area contributed by atoms with E-state index in [1.807, 2.05) is 0 Å². The fourth-order valence-corrected chi connectivity index (χ4v) is 2.13. The van der Waals surface area contributed by atoms with Crippen molar-refractivity contribution in [3.8, 4) is 0 Å². The van der Waals surface area contributed by atoms with E-state index in [0.29, 0.717) is 27.4 Å². The maximum absolute atomic E-state index is 11.7. The number of amides is 2. The molecule has 0 aliphatic carbocycles. The van der Waals surface area contributed by atoms with Gasteiger partial charge in [-0.25, -0.2) is 9.78 Å². The van der Waals surface area contributed by atoms with Crippen LogP contribution in [0.5, 0.6) is 0 Å². The molecule has 0 bridgehead atoms. The largest absolute Gasteiger partial charge is 0.334 e. The van der Waals surface area contributed by atoms with E-state index in [2.05, 4.69) is 15.6 Å².